The lowest BCUT2D eigenvalue weighted by atomic mass is 10.0. The first-order valence-electron chi connectivity index (χ1n) is 7.54. The van der Waals surface area contributed by atoms with Crippen molar-refractivity contribution in [2.75, 3.05) is 5.32 Å². The van der Waals surface area contributed by atoms with E-state index in [2.05, 4.69) is 44.8 Å². The number of hydrogen-bond donors (Lipinski definition) is 2. The Morgan fingerprint density at radius 1 is 1.36 bits per heavy atom. The van der Waals surface area contributed by atoms with E-state index in [1.807, 2.05) is 18.2 Å². The number of aromatic amines is 1. The van der Waals surface area contributed by atoms with Crippen LogP contribution < -0.4 is 11.0 Å². The van der Waals surface area contributed by atoms with Crippen LogP contribution in [0.15, 0.2) is 29.2 Å². The third kappa shape index (κ3) is 2.56. The summed E-state index contributed by atoms with van der Waals surface area (Å²) in [6, 6.07) is 5.91. The summed E-state index contributed by atoms with van der Waals surface area (Å²) in [6.07, 6.45) is 1.27. The monoisotopic (exact) mass is 355 g/mol. The molecule has 0 saturated carbocycles. The maximum atomic E-state index is 12.5. The second-order valence-corrected chi connectivity index (χ2v) is 6.81. The number of benzene rings is 1. The van der Waals surface area contributed by atoms with Crippen LogP contribution in [0.4, 0.5) is 5.95 Å². The van der Waals surface area contributed by atoms with Gasteiger partial charge in [-0.15, -0.1) is 11.3 Å². The van der Waals surface area contributed by atoms with Crippen molar-refractivity contribution in [3.8, 4) is 0 Å². The quantitative estimate of drug-likeness (QED) is 0.578. The molecule has 10 heteroatoms. The molecule has 0 atom stereocenters. The summed E-state index contributed by atoms with van der Waals surface area (Å²) in [6.45, 7) is 4.21. The van der Waals surface area contributed by atoms with Gasteiger partial charge in [-0.3, -0.25) is 10.1 Å². The van der Waals surface area contributed by atoms with E-state index in [-0.39, 0.29) is 11.5 Å². The van der Waals surface area contributed by atoms with E-state index in [4.69, 9.17) is 0 Å². The first-order valence-corrected chi connectivity index (χ1v) is 8.35. The number of fused-ring (bicyclic) bond motifs is 3. The molecule has 0 unspecified atom stereocenters. The number of rotatable bonds is 3. The molecule has 4 rings (SSSR count). The molecule has 3 heterocycles. The predicted octanol–water partition coefficient (Wildman–Crippen LogP) is 1.80. The highest BCUT2D eigenvalue weighted by atomic mass is 32.1. The SMILES string of the molecule is CC(C)c1ccc2c(c1)sc1c(C(=O)Nc3nnn[nH]3)cnc(=O)n12. The number of H-pyrrole nitrogens is 1. The smallest absolute Gasteiger partial charge is 0.289 e. The lowest BCUT2D eigenvalue weighted by Gasteiger charge is -2.04. The van der Waals surface area contributed by atoms with Crippen molar-refractivity contribution >= 4 is 38.2 Å². The molecule has 4 aromatic rings. The van der Waals surface area contributed by atoms with Crippen molar-refractivity contribution in [1.82, 2.24) is 30.0 Å². The molecule has 0 bridgehead atoms. The largest absolute Gasteiger partial charge is 0.353 e. The highest BCUT2D eigenvalue weighted by Gasteiger charge is 2.18. The summed E-state index contributed by atoms with van der Waals surface area (Å²) in [5.74, 6) is 0.0444. The van der Waals surface area contributed by atoms with Gasteiger partial charge in [0.2, 0.25) is 5.95 Å². The molecule has 0 radical (unpaired) electrons. The number of nitrogens with zero attached hydrogens (tertiary/aromatic N) is 5. The minimum absolute atomic E-state index is 0.123. The zero-order chi connectivity index (χ0) is 17.6. The summed E-state index contributed by atoms with van der Waals surface area (Å²) in [5, 5.41) is 15.4. The van der Waals surface area contributed by atoms with E-state index in [0.717, 1.165) is 10.2 Å². The number of carbonyl (C=O) groups excluding carboxylic acids is 1. The first-order chi connectivity index (χ1) is 12.0. The van der Waals surface area contributed by atoms with Crippen LogP contribution in [-0.4, -0.2) is 35.9 Å². The molecule has 0 fully saturated rings. The van der Waals surface area contributed by atoms with Crippen LogP contribution in [0.1, 0.15) is 35.7 Å². The lowest BCUT2D eigenvalue weighted by molar-refractivity contribution is 0.102. The Hall–Kier alpha value is -3.14. The number of thiazole rings is 1. The van der Waals surface area contributed by atoms with E-state index < -0.39 is 11.6 Å². The maximum absolute atomic E-state index is 12.5. The molecule has 0 aliphatic carbocycles. The van der Waals surface area contributed by atoms with E-state index in [1.165, 1.54) is 27.5 Å². The number of tetrazole rings is 1. The van der Waals surface area contributed by atoms with Crippen molar-refractivity contribution < 1.29 is 4.79 Å². The number of hydrogen-bond acceptors (Lipinski definition) is 7. The van der Waals surface area contributed by atoms with Crippen LogP contribution in [0.5, 0.6) is 0 Å². The van der Waals surface area contributed by atoms with Crippen molar-refractivity contribution in [1.29, 1.82) is 0 Å². The van der Waals surface area contributed by atoms with Gasteiger partial charge in [0, 0.05) is 6.20 Å². The summed E-state index contributed by atoms with van der Waals surface area (Å²) in [5.41, 5.74) is 1.76. The highest BCUT2D eigenvalue weighted by Crippen LogP contribution is 2.30. The second-order valence-electron chi connectivity index (χ2n) is 5.78. The molecular weight excluding hydrogens is 342 g/mol. The van der Waals surface area contributed by atoms with E-state index >= 15 is 0 Å². The second kappa shape index (κ2) is 5.74. The van der Waals surface area contributed by atoms with Crippen LogP contribution in [-0.2, 0) is 0 Å². The Morgan fingerprint density at radius 2 is 2.20 bits per heavy atom. The minimum atomic E-state index is -0.445. The Labute approximate surface area is 144 Å². The fourth-order valence-corrected chi connectivity index (χ4v) is 3.75. The maximum Gasteiger partial charge on any atom is 0.353 e. The van der Waals surface area contributed by atoms with Gasteiger partial charge in [0.15, 0.2) is 0 Å². The molecule has 9 nitrogen and oxygen atoms in total. The fraction of sp³-hybridized carbons (Fsp3) is 0.200. The molecule has 1 amide bonds. The predicted molar refractivity (Wildman–Crippen MR) is 93.1 cm³/mol. The van der Waals surface area contributed by atoms with Crippen molar-refractivity contribution in [2.24, 2.45) is 0 Å². The normalized spacial score (nSPS) is 11.5. The molecule has 3 aromatic heterocycles. The molecule has 0 aliphatic heterocycles. The van der Waals surface area contributed by atoms with Crippen molar-refractivity contribution in [3.63, 3.8) is 0 Å². The van der Waals surface area contributed by atoms with Crippen molar-refractivity contribution in [3.05, 3.63) is 46.0 Å². The van der Waals surface area contributed by atoms with Gasteiger partial charge in [-0.05, 0) is 34.0 Å². The van der Waals surface area contributed by atoms with Crippen LogP contribution in [0.2, 0.25) is 0 Å². The molecule has 25 heavy (non-hydrogen) atoms. The molecule has 0 spiro atoms. The van der Waals surface area contributed by atoms with Gasteiger partial charge in [0.25, 0.3) is 5.91 Å². The Morgan fingerprint density at radius 3 is 2.92 bits per heavy atom. The zero-order valence-electron chi connectivity index (χ0n) is 13.3. The zero-order valence-corrected chi connectivity index (χ0v) is 14.2. The van der Waals surface area contributed by atoms with Gasteiger partial charge >= 0.3 is 5.69 Å². The minimum Gasteiger partial charge on any atom is -0.289 e. The standard InChI is InChI=1S/C15H13N7O2S/c1-7(2)8-3-4-10-11(5-8)25-13-9(6-16-15(24)22(10)13)12(23)17-14-18-20-21-19-14/h3-7H,1-2H3,(H2,17,18,19,20,21,23). The summed E-state index contributed by atoms with van der Waals surface area (Å²) >= 11 is 1.38. The third-order valence-electron chi connectivity index (χ3n) is 3.85. The summed E-state index contributed by atoms with van der Waals surface area (Å²) in [7, 11) is 0. The number of anilines is 1. The molecule has 126 valence electrons. The van der Waals surface area contributed by atoms with E-state index in [0.29, 0.717) is 10.7 Å². The van der Waals surface area contributed by atoms with Gasteiger partial charge in [-0.25, -0.2) is 19.3 Å². The van der Waals surface area contributed by atoms with E-state index in [9.17, 15) is 9.59 Å². The first kappa shape index (κ1) is 15.4. The van der Waals surface area contributed by atoms with E-state index in [1.54, 1.807) is 0 Å². The Bertz CT molecular complexity index is 1140. The molecule has 0 saturated heterocycles. The number of nitrogens with one attached hydrogen (secondary N) is 2. The third-order valence-corrected chi connectivity index (χ3v) is 4.99. The van der Waals surface area contributed by atoms with Crippen LogP contribution in [0.25, 0.3) is 15.0 Å². The highest BCUT2D eigenvalue weighted by molar-refractivity contribution is 7.24. The number of carbonyl (C=O) groups is 1. The van der Waals surface area contributed by atoms with Crippen LogP contribution >= 0.6 is 11.3 Å². The van der Waals surface area contributed by atoms with Gasteiger partial charge in [0.05, 0.1) is 15.8 Å². The molecule has 0 aliphatic rings. The van der Waals surface area contributed by atoms with Gasteiger partial charge in [-0.1, -0.05) is 25.0 Å². The Balaban J connectivity index is 1.91. The molecule has 2 N–H and O–H groups in total. The fourth-order valence-electron chi connectivity index (χ4n) is 2.56. The molecular formula is C15H13N7O2S. The molecule has 1 aromatic carbocycles. The number of amides is 1. The van der Waals surface area contributed by atoms with Crippen molar-refractivity contribution in [2.45, 2.75) is 19.8 Å². The topological polar surface area (TPSA) is 118 Å². The Kier molecular flexibility index (Phi) is 3.53. The number of aromatic nitrogens is 6. The van der Waals surface area contributed by atoms with Gasteiger partial charge in [-0.2, -0.15) is 0 Å². The summed E-state index contributed by atoms with van der Waals surface area (Å²) in [4.78, 5) is 29.1. The lowest BCUT2D eigenvalue weighted by Crippen LogP contribution is -2.21. The average Bonchev–Trinajstić information content (AvgIpc) is 3.21. The van der Waals surface area contributed by atoms with Crippen LogP contribution in [0.3, 0.4) is 0 Å². The average molecular weight is 355 g/mol. The van der Waals surface area contributed by atoms with Gasteiger partial charge < -0.3 is 0 Å². The summed E-state index contributed by atoms with van der Waals surface area (Å²) < 4.78 is 2.38. The van der Waals surface area contributed by atoms with Crippen LogP contribution in [0, 0.1) is 0 Å². The van der Waals surface area contributed by atoms with Gasteiger partial charge in [0.1, 0.15) is 4.83 Å².